The van der Waals surface area contributed by atoms with Crippen molar-refractivity contribution in [1.82, 2.24) is 4.98 Å². The molecule has 1 aromatic rings. The summed E-state index contributed by atoms with van der Waals surface area (Å²) in [5.41, 5.74) is 3.19. The summed E-state index contributed by atoms with van der Waals surface area (Å²) < 4.78 is 16.6. The maximum atomic E-state index is 12.1. The van der Waals surface area contributed by atoms with Crippen molar-refractivity contribution in [2.75, 3.05) is 11.9 Å². The SMILES string of the molecule is CC1OCc2c3c(nc(NC(=O)OC(C)(C)C)c21)COC(CO)C3. The molecule has 2 atom stereocenters. The summed E-state index contributed by atoms with van der Waals surface area (Å²) in [7, 11) is 0. The zero-order chi connectivity index (χ0) is 17.5. The Balaban J connectivity index is 1.94. The summed E-state index contributed by atoms with van der Waals surface area (Å²) in [4.78, 5) is 16.7. The van der Waals surface area contributed by atoms with Crippen molar-refractivity contribution in [3.8, 4) is 0 Å². The quantitative estimate of drug-likeness (QED) is 0.862. The van der Waals surface area contributed by atoms with Crippen LogP contribution in [0.25, 0.3) is 0 Å². The number of rotatable bonds is 2. The minimum Gasteiger partial charge on any atom is -0.444 e. The van der Waals surface area contributed by atoms with Gasteiger partial charge in [-0.15, -0.1) is 0 Å². The van der Waals surface area contributed by atoms with Crippen LogP contribution in [-0.2, 0) is 33.8 Å². The van der Waals surface area contributed by atoms with Gasteiger partial charge in [-0.2, -0.15) is 0 Å². The number of amides is 1. The van der Waals surface area contributed by atoms with E-state index in [1.807, 2.05) is 27.7 Å². The van der Waals surface area contributed by atoms with E-state index < -0.39 is 11.7 Å². The first-order valence-corrected chi connectivity index (χ1v) is 8.17. The molecule has 0 radical (unpaired) electrons. The van der Waals surface area contributed by atoms with Gasteiger partial charge >= 0.3 is 6.09 Å². The van der Waals surface area contributed by atoms with Crippen LogP contribution in [0.2, 0.25) is 0 Å². The third-order valence-electron chi connectivity index (χ3n) is 4.13. The van der Waals surface area contributed by atoms with Crippen molar-refractivity contribution in [2.45, 2.75) is 65.1 Å². The third-order valence-corrected chi connectivity index (χ3v) is 4.13. The van der Waals surface area contributed by atoms with E-state index in [-0.39, 0.29) is 18.8 Å². The van der Waals surface area contributed by atoms with Crippen LogP contribution in [0.3, 0.4) is 0 Å². The largest absolute Gasteiger partial charge is 0.444 e. The highest BCUT2D eigenvalue weighted by Gasteiger charge is 2.33. The molecule has 2 unspecified atom stereocenters. The summed E-state index contributed by atoms with van der Waals surface area (Å²) >= 11 is 0. The van der Waals surface area contributed by atoms with E-state index in [0.29, 0.717) is 25.5 Å². The van der Waals surface area contributed by atoms with Crippen LogP contribution < -0.4 is 5.32 Å². The van der Waals surface area contributed by atoms with Crippen molar-refractivity contribution in [1.29, 1.82) is 0 Å². The Morgan fingerprint density at radius 1 is 1.33 bits per heavy atom. The zero-order valence-corrected chi connectivity index (χ0v) is 14.5. The number of aliphatic hydroxyl groups is 1. The number of nitrogens with zero attached hydrogens (tertiary/aromatic N) is 1. The van der Waals surface area contributed by atoms with Gasteiger partial charge < -0.3 is 19.3 Å². The topological polar surface area (TPSA) is 89.9 Å². The molecule has 7 nitrogen and oxygen atoms in total. The Morgan fingerprint density at radius 3 is 2.75 bits per heavy atom. The molecule has 2 aliphatic rings. The van der Waals surface area contributed by atoms with Crippen LogP contribution in [0.15, 0.2) is 0 Å². The van der Waals surface area contributed by atoms with Gasteiger partial charge in [-0.3, -0.25) is 5.32 Å². The fourth-order valence-corrected chi connectivity index (χ4v) is 3.09. The van der Waals surface area contributed by atoms with Crippen LogP contribution in [-0.4, -0.2) is 34.5 Å². The molecule has 0 aromatic carbocycles. The molecule has 3 rings (SSSR count). The highest BCUT2D eigenvalue weighted by atomic mass is 16.6. The minimum absolute atomic E-state index is 0.0253. The smallest absolute Gasteiger partial charge is 0.413 e. The standard InChI is InChI=1S/C17H24N2O5/c1-9-14-12(7-22-9)11-5-10(6-20)23-8-13(11)18-15(14)19-16(21)24-17(2,3)4/h9-10,20H,5-8H2,1-4H3,(H,18,19,21). The Morgan fingerprint density at radius 2 is 2.08 bits per heavy atom. The average molecular weight is 336 g/mol. The lowest BCUT2D eigenvalue weighted by Crippen LogP contribution is -2.30. The van der Waals surface area contributed by atoms with Crippen LogP contribution in [0.5, 0.6) is 0 Å². The van der Waals surface area contributed by atoms with Gasteiger partial charge in [0.25, 0.3) is 0 Å². The molecule has 0 spiro atoms. The van der Waals surface area contributed by atoms with E-state index in [1.54, 1.807) is 0 Å². The molecule has 0 saturated carbocycles. The van der Waals surface area contributed by atoms with Gasteiger partial charge in [0.2, 0.25) is 0 Å². The number of aromatic nitrogens is 1. The molecule has 0 saturated heterocycles. The number of aliphatic hydroxyl groups excluding tert-OH is 1. The molecule has 0 aliphatic carbocycles. The van der Waals surface area contributed by atoms with E-state index in [0.717, 1.165) is 22.4 Å². The minimum atomic E-state index is -0.582. The number of nitrogens with one attached hydrogen (secondary N) is 1. The number of fused-ring (bicyclic) bond motifs is 3. The summed E-state index contributed by atoms with van der Waals surface area (Å²) in [5, 5.41) is 12.1. The monoisotopic (exact) mass is 336 g/mol. The van der Waals surface area contributed by atoms with E-state index >= 15 is 0 Å². The molecule has 2 N–H and O–H groups in total. The maximum absolute atomic E-state index is 12.1. The van der Waals surface area contributed by atoms with Gasteiger partial charge in [0.1, 0.15) is 11.4 Å². The second-order valence-electron chi connectivity index (χ2n) is 7.18. The maximum Gasteiger partial charge on any atom is 0.413 e. The number of hydrogen-bond acceptors (Lipinski definition) is 6. The van der Waals surface area contributed by atoms with Gasteiger partial charge in [0.05, 0.1) is 37.7 Å². The van der Waals surface area contributed by atoms with Crippen LogP contribution in [0.4, 0.5) is 10.6 Å². The van der Waals surface area contributed by atoms with E-state index in [4.69, 9.17) is 14.2 Å². The summed E-state index contributed by atoms with van der Waals surface area (Å²) in [6, 6.07) is 0. The summed E-state index contributed by atoms with van der Waals surface area (Å²) in [5.74, 6) is 0.467. The Bertz CT molecular complexity index is 653. The van der Waals surface area contributed by atoms with Crippen LogP contribution >= 0.6 is 0 Å². The van der Waals surface area contributed by atoms with Crippen molar-refractivity contribution in [2.24, 2.45) is 0 Å². The number of anilines is 1. The van der Waals surface area contributed by atoms with Gasteiger partial charge in [-0.25, -0.2) is 9.78 Å². The first-order valence-electron chi connectivity index (χ1n) is 8.17. The van der Waals surface area contributed by atoms with E-state index in [9.17, 15) is 9.90 Å². The third kappa shape index (κ3) is 3.38. The normalized spacial score (nSPS) is 22.7. The molecule has 24 heavy (non-hydrogen) atoms. The molecule has 7 heteroatoms. The van der Waals surface area contributed by atoms with Crippen LogP contribution in [0, 0.1) is 0 Å². The second-order valence-corrected chi connectivity index (χ2v) is 7.18. The Labute approximate surface area is 141 Å². The van der Waals surface area contributed by atoms with E-state index in [2.05, 4.69) is 10.3 Å². The van der Waals surface area contributed by atoms with Crippen molar-refractivity contribution < 1.29 is 24.1 Å². The molecular formula is C17H24N2O5. The van der Waals surface area contributed by atoms with Crippen molar-refractivity contribution in [3.63, 3.8) is 0 Å². The van der Waals surface area contributed by atoms with E-state index in [1.165, 1.54) is 0 Å². The molecular weight excluding hydrogens is 312 g/mol. The van der Waals surface area contributed by atoms with Gasteiger partial charge in [0, 0.05) is 12.0 Å². The number of carbonyl (C=O) groups excluding carboxylic acids is 1. The number of ether oxygens (including phenoxy) is 3. The second kappa shape index (κ2) is 6.31. The molecule has 0 bridgehead atoms. The molecule has 3 heterocycles. The van der Waals surface area contributed by atoms with Gasteiger partial charge in [-0.05, 0) is 38.8 Å². The summed E-state index contributed by atoms with van der Waals surface area (Å²) in [6.45, 7) is 8.13. The number of carbonyl (C=O) groups is 1. The predicted octanol–water partition coefficient (Wildman–Crippen LogP) is 2.45. The molecule has 2 aliphatic heterocycles. The van der Waals surface area contributed by atoms with Crippen molar-refractivity contribution >= 4 is 11.9 Å². The lowest BCUT2D eigenvalue weighted by molar-refractivity contribution is -0.00930. The average Bonchev–Trinajstić information content (AvgIpc) is 2.87. The molecule has 1 amide bonds. The number of pyridine rings is 1. The molecule has 132 valence electrons. The lowest BCUT2D eigenvalue weighted by Gasteiger charge is -2.26. The lowest BCUT2D eigenvalue weighted by atomic mass is 9.94. The fraction of sp³-hybridized carbons (Fsp3) is 0.647. The Kier molecular flexibility index (Phi) is 4.50. The van der Waals surface area contributed by atoms with Crippen molar-refractivity contribution in [3.05, 3.63) is 22.4 Å². The number of hydrogen-bond donors (Lipinski definition) is 2. The highest BCUT2D eigenvalue weighted by molar-refractivity contribution is 5.85. The summed E-state index contributed by atoms with van der Waals surface area (Å²) in [6.07, 6.45) is -0.312. The predicted molar refractivity (Wildman–Crippen MR) is 86.7 cm³/mol. The first-order chi connectivity index (χ1) is 11.3. The zero-order valence-electron chi connectivity index (χ0n) is 14.5. The highest BCUT2D eigenvalue weighted by Crippen LogP contribution is 2.40. The fourth-order valence-electron chi connectivity index (χ4n) is 3.09. The van der Waals surface area contributed by atoms with Gasteiger partial charge in [-0.1, -0.05) is 0 Å². The Hall–Kier alpha value is -1.70. The molecule has 1 aromatic heterocycles. The van der Waals surface area contributed by atoms with Crippen LogP contribution in [0.1, 0.15) is 56.2 Å². The van der Waals surface area contributed by atoms with Gasteiger partial charge in [0.15, 0.2) is 0 Å². The first kappa shape index (κ1) is 17.1. The molecule has 0 fully saturated rings.